The number of piperidine rings is 1. The molecule has 0 bridgehead atoms. The highest BCUT2D eigenvalue weighted by Crippen LogP contribution is 2.22. The minimum atomic E-state index is -0.792. The van der Waals surface area contributed by atoms with E-state index in [9.17, 15) is 19.7 Å². The third kappa shape index (κ3) is 5.22. The van der Waals surface area contributed by atoms with Gasteiger partial charge in [-0.3, -0.25) is 14.9 Å². The van der Waals surface area contributed by atoms with Crippen molar-refractivity contribution in [2.75, 3.05) is 13.1 Å². The van der Waals surface area contributed by atoms with Crippen LogP contribution in [-0.2, 0) is 16.1 Å². The fourth-order valence-corrected chi connectivity index (χ4v) is 2.68. The lowest BCUT2D eigenvalue weighted by Crippen LogP contribution is -2.38. The maximum Gasteiger partial charge on any atom is 0.410 e. The number of hydrogen-bond donors (Lipinski definition) is 1. The number of nitro benzene ring substituents is 1. The predicted molar refractivity (Wildman–Crippen MR) is 84.4 cm³/mol. The Labute approximate surface area is 139 Å². The molecule has 0 spiro atoms. The average molecular weight is 336 g/mol. The number of nitro groups is 1. The molecule has 1 aliphatic rings. The number of hydrogen-bond acceptors (Lipinski definition) is 5. The van der Waals surface area contributed by atoms with E-state index < -0.39 is 17.0 Å². The highest BCUT2D eigenvalue weighted by atomic mass is 16.6. The summed E-state index contributed by atoms with van der Waals surface area (Å²) in [6, 6.07) is 5.86. The summed E-state index contributed by atoms with van der Waals surface area (Å²) in [6.45, 7) is 1.18. The molecule has 1 saturated heterocycles. The second kappa shape index (κ2) is 8.28. The number of carboxylic acids is 1. The number of non-ortho nitro benzene ring substituents is 1. The molecule has 1 fully saturated rings. The Morgan fingerprint density at radius 1 is 1.25 bits per heavy atom. The molecule has 0 aliphatic carbocycles. The van der Waals surface area contributed by atoms with Crippen LogP contribution in [-0.4, -0.2) is 40.1 Å². The minimum absolute atomic E-state index is 0.00601. The Kier molecular flexibility index (Phi) is 6.11. The molecule has 1 heterocycles. The van der Waals surface area contributed by atoms with E-state index in [-0.39, 0.29) is 18.7 Å². The predicted octanol–water partition coefficient (Wildman–Crippen LogP) is 2.81. The van der Waals surface area contributed by atoms with Crippen LogP contribution >= 0.6 is 0 Å². The number of carbonyl (C=O) groups is 2. The van der Waals surface area contributed by atoms with E-state index in [1.54, 1.807) is 17.0 Å². The van der Waals surface area contributed by atoms with Crippen molar-refractivity contribution in [1.29, 1.82) is 0 Å². The zero-order valence-electron chi connectivity index (χ0n) is 13.2. The highest BCUT2D eigenvalue weighted by molar-refractivity contribution is 5.68. The fraction of sp³-hybridized carbons (Fsp3) is 0.500. The average Bonchev–Trinajstić information content (AvgIpc) is 2.58. The largest absolute Gasteiger partial charge is 0.481 e. The zero-order chi connectivity index (χ0) is 17.5. The monoisotopic (exact) mass is 336 g/mol. The van der Waals surface area contributed by atoms with Gasteiger partial charge in [-0.05, 0) is 42.9 Å². The van der Waals surface area contributed by atoms with Gasteiger partial charge in [0.2, 0.25) is 0 Å². The molecule has 2 rings (SSSR count). The lowest BCUT2D eigenvalue weighted by Gasteiger charge is -2.31. The smallest absolute Gasteiger partial charge is 0.410 e. The van der Waals surface area contributed by atoms with Crippen molar-refractivity contribution >= 4 is 17.7 Å². The maximum atomic E-state index is 12.0. The van der Waals surface area contributed by atoms with Gasteiger partial charge in [0, 0.05) is 31.6 Å². The Morgan fingerprint density at radius 3 is 2.42 bits per heavy atom. The molecule has 0 radical (unpaired) electrons. The molecule has 24 heavy (non-hydrogen) atoms. The van der Waals surface area contributed by atoms with Crippen LogP contribution in [0.15, 0.2) is 24.3 Å². The zero-order valence-corrected chi connectivity index (χ0v) is 13.2. The van der Waals surface area contributed by atoms with Crippen molar-refractivity contribution in [3.63, 3.8) is 0 Å². The van der Waals surface area contributed by atoms with Gasteiger partial charge >= 0.3 is 12.1 Å². The number of aliphatic carboxylic acids is 1. The third-order valence-electron chi connectivity index (χ3n) is 4.15. The van der Waals surface area contributed by atoms with Crippen molar-refractivity contribution in [3.8, 4) is 0 Å². The second-order valence-electron chi connectivity index (χ2n) is 5.84. The first-order valence-corrected chi connectivity index (χ1v) is 7.82. The molecule has 1 aromatic carbocycles. The van der Waals surface area contributed by atoms with Crippen LogP contribution in [0.4, 0.5) is 10.5 Å². The van der Waals surface area contributed by atoms with Gasteiger partial charge in [0.25, 0.3) is 5.69 Å². The van der Waals surface area contributed by atoms with Crippen LogP contribution in [0.5, 0.6) is 0 Å². The summed E-state index contributed by atoms with van der Waals surface area (Å²) in [7, 11) is 0. The summed E-state index contributed by atoms with van der Waals surface area (Å²) in [5.41, 5.74) is 0.679. The summed E-state index contributed by atoms with van der Waals surface area (Å²) in [4.78, 5) is 34.3. The molecule has 1 aromatic rings. The van der Waals surface area contributed by atoms with E-state index >= 15 is 0 Å². The first-order chi connectivity index (χ1) is 11.5. The third-order valence-corrected chi connectivity index (χ3v) is 4.15. The van der Waals surface area contributed by atoms with E-state index in [1.165, 1.54) is 12.1 Å². The van der Waals surface area contributed by atoms with Gasteiger partial charge in [-0.25, -0.2) is 4.79 Å². The molecule has 1 aliphatic heterocycles. The number of rotatable bonds is 6. The van der Waals surface area contributed by atoms with Gasteiger partial charge in [0.1, 0.15) is 6.61 Å². The Balaban J connectivity index is 1.73. The molecule has 0 unspecified atom stereocenters. The first-order valence-electron chi connectivity index (χ1n) is 7.82. The van der Waals surface area contributed by atoms with Crippen LogP contribution in [0.3, 0.4) is 0 Å². The van der Waals surface area contributed by atoms with E-state index in [4.69, 9.17) is 9.84 Å². The fourth-order valence-electron chi connectivity index (χ4n) is 2.68. The van der Waals surface area contributed by atoms with Crippen molar-refractivity contribution in [2.24, 2.45) is 5.92 Å². The van der Waals surface area contributed by atoms with E-state index in [0.29, 0.717) is 31.0 Å². The topological polar surface area (TPSA) is 110 Å². The van der Waals surface area contributed by atoms with Crippen LogP contribution in [0.1, 0.15) is 31.2 Å². The molecule has 0 saturated carbocycles. The van der Waals surface area contributed by atoms with Crippen molar-refractivity contribution in [3.05, 3.63) is 39.9 Å². The van der Waals surface area contributed by atoms with Crippen LogP contribution in [0.2, 0.25) is 0 Å². The van der Waals surface area contributed by atoms with E-state index in [2.05, 4.69) is 0 Å². The summed E-state index contributed by atoms with van der Waals surface area (Å²) >= 11 is 0. The SMILES string of the molecule is O=C(O)CCC1CCN(C(=O)OCc2ccc([N+](=O)[O-])cc2)CC1. The van der Waals surface area contributed by atoms with Gasteiger partial charge in [-0.1, -0.05) is 0 Å². The summed E-state index contributed by atoms with van der Waals surface area (Å²) < 4.78 is 5.22. The second-order valence-corrected chi connectivity index (χ2v) is 5.84. The number of amides is 1. The normalized spacial score (nSPS) is 15.1. The van der Waals surface area contributed by atoms with Gasteiger partial charge < -0.3 is 14.7 Å². The number of carbonyl (C=O) groups excluding carboxylic acids is 1. The minimum Gasteiger partial charge on any atom is -0.481 e. The molecule has 8 heteroatoms. The lowest BCUT2D eigenvalue weighted by atomic mass is 9.92. The summed E-state index contributed by atoms with van der Waals surface area (Å²) in [5.74, 6) is -0.459. The van der Waals surface area contributed by atoms with Gasteiger partial charge in [-0.15, -0.1) is 0 Å². The van der Waals surface area contributed by atoms with Crippen LogP contribution < -0.4 is 0 Å². The Hall–Kier alpha value is -2.64. The Morgan fingerprint density at radius 2 is 1.88 bits per heavy atom. The van der Waals surface area contributed by atoms with Crippen molar-refractivity contribution in [1.82, 2.24) is 4.90 Å². The van der Waals surface area contributed by atoms with Gasteiger partial charge in [0.05, 0.1) is 4.92 Å². The first kappa shape index (κ1) is 17.7. The maximum absolute atomic E-state index is 12.0. The van der Waals surface area contributed by atoms with E-state index in [1.807, 2.05) is 0 Å². The van der Waals surface area contributed by atoms with Crippen LogP contribution in [0, 0.1) is 16.0 Å². The molecule has 1 N–H and O–H groups in total. The standard InChI is InChI=1S/C16H20N2O6/c19-15(20)6-3-12-7-9-17(10-8-12)16(21)24-11-13-1-4-14(5-2-13)18(22)23/h1-2,4-5,12H,3,6-11H2,(H,19,20). The molecular formula is C16H20N2O6. The molecule has 0 atom stereocenters. The quantitative estimate of drug-likeness (QED) is 0.632. The molecule has 1 amide bonds. The highest BCUT2D eigenvalue weighted by Gasteiger charge is 2.24. The molecule has 0 aromatic heterocycles. The Bertz CT molecular complexity index is 593. The number of carboxylic acid groups (broad SMARTS) is 1. The molecule has 130 valence electrons. The molecule has 8 nitrogen and oxygen atoms in total. The van der Waals surface area contributed by atoms with Crippen molar-refractivity contribution < 1.29 is 24.4 Å². The molecular weight excluding hydrogens is 316 g/mol. The summed E-state index contributed by atoms with van der Waals surface area (Å²) in [6.07, 6.45) is 1.95. The number of benzene rings is 1. The van der Waals surface area contributed by atoms with E-state index in [0.717, 1.165) is 12.8 Å². The lowest BCUT2D eigenvalue weighted by molar-refractivity contribution is -0.384. The number of nitrogens with zero attached hydrogens (tertiary/aromatic N) is 2. The number of likely N-dealkylation sites (tertiary alicyclic amines) is 1. The van der Waals surface area contributed by atoms with Gasteiger partial charge in [-0.2, -0.15) is 0 Å². The van der Waals surface area contributed by atoms with Gasteiger partial charge in [0.15, 0.2) is 0 Å². The summed E-state index contributed by atoms with van der Waals surface area (Å²) in [5, 5.41) is 19.3. The van der Waals surface area contributed by atoms with Crippen LogP contribution in [0.25, 0.3) is 0 Å². The number of ether oxygens (including phenoxy) is 1. The van der Waals surface area contributed by atoms with Crippen molar-refractivity contribution in [2.45, 2.75) is 32.3 Å².